The minimum Gasteiger partial charge on any atom is -0.361 e. The zero-order valence-electron chi connectivity index (χ0n) is 10.7. The fourth-order valence-corrected chi connectivity index (χ4v) is 2.65. The van der Waals surface area contributed by atoms with Gasteiger partial charge in [-0.2, -0.15) is 0 Å². The van der Waals surface area contributed by atoms with E-state index in [0.717, 1.165) is 17.0 Å². The molecule has 1 aromatic heterocycles. The average Bonchev–Trinajstić information content (AvgIpc) is 2.67. The van der Waals surface area contributed by atoms with Crippen molar-refractivity contribution >= 4 is 5.91 Å². The second kappa shape index (κ2) is 4.14. The third-order valence-electron chi connectivity index (χ3n) is 3.34. The van der Waals surface area contributed by atoms with E-state index < -0.39 is 0 Å². The summed E-state index contributed by atoms with van der Waals surface area (Å²) in [6.45, 7) is 7.76. The van der Waals surface area contributed by atoms with Crippen molar-refractivity contribution in [1.82, 2.24) is 10.1 Å². The summed E-state index contributed by atoms with van der Waals surface area (Å²) in [5, 5.41) is 3.95. The van der Waals surface area contributed by atoms with Crippen molar-refractivity contribution in [3.8, 4) is 0 Å². The van der Waals surface area contributed by atoms with Crippen LogP contribution in [0.15, 0.2) is 4.52 Å². The van der Waals surface area contributed by atoms with Crippen molar-refractivity contribution in [1.29, 1.82) is 0 Å². The van der Waals surface area contributed by atoms with Crippen molar-refractivity contribution in [3.63, 3.8) is 0 Å². The Labute approximate surface area is 101 Å². The van der Waals surface area contributed by atoms with E-state index in [1.165, 1.54) is 0 Å². The van der Waals surface area contributed by atoms with E-state index in [9.17, 15) is 4.79 Å². The topological polar surface area (TPSA) is 72.4 Å². The number of aromatic nitrogens is 1. The highest BCUT2D eigenvalue weighted by Gasteiger charge is 2.42. The highest BCUT2D eigenvalue weighted by atomic mass is 16.5. The lowest BCUT2D eigenvalue weighted by Crippen LogP contribution is -2.38. The second-order valence-corrected chi connectivity index (χ2v) is 4.95. The molecular weight excluding hydrogens is 218 g/mol. The molecule has 2 heterocycles. The van der Waals surface area contributed by atoms with Crippen molar-refractivity contribution in [2.45, 2.75) is 52.2 Å². The van der Waals surface area contributed by atoms with Crippen LogP contribution in [0.3, 0.4) is 0 Å². The Kier molecular flexibility index (Phi) is 2.95. The zero-order valence-corrected chi connectivity index (χ0v) is 10.7. The van der Waals surface area contributed by atoms with Gasteiger partial charge in [0.2, 0.25) is 5.91 Å². The number of nitrogens with zero attached hydrogens (tertiary/aromatic N) is 2. The number of nitrogens with two attached hydrogens (primary N) is 1. The maximum Gasteiger partial charge on any atom is 0.225 e. The van der Waals surface area contributed by atoms with E-state index in [2.05, 4.69) is 5.16 Å². The molecule has 1 aliphatic heterocycles. The molecule has 1 fully saturated rings. The minimum absolute atomic E-state index is 0.103. The molecule has 0 radical (unpaired) electrons. The van der Waals surface area contributed by atoms with Gasteiger partial charge in [-0.25, -0.2) is 0 Å². The lowest BCUT2D eigenvalue weighted by Gasteiger charge is -2.30. The van der Waals surface area contributed by atoms with Crippen LogP contribution in [-0.4, -0.2) is 28.0 Å². The van der Waals surface area contributed by atoms with E-state index in [-0.39, 0.29) is 24.0 Å². The summed E-state index contributed by atoms with van der Waals surface area (Å²) < 4.78 is 5.18. The Morgan fingerprint density at radius 3 is 2.59 bits per heavy atom. The Bertz CT molecular complexity index is 419. The number of likely N-dealkylation sites (tertiary alicyclic amines) is 1. The Morgan fingerprint density at radius 2 is 2.12 bits per heavy atom. The first kappa shape index (κ1) is 12.1. The molecule has 0 aliphatic carbocycles. The smallest absolute Gasteiger partial charge is 0.225 e. The van der Waals surface area contributed by atoms with E-state index >= 15 is 0 Å². The molecule has 0 spiro atoms. The molecular formula is C12H19N3O2. The molecule has 94 valence electrons. The Balaban J connectivity index is 2.45. The van der Waals surface area contributed by atoms with Gasteiger partial charge in [0.15, 0.2) is 0 Å². The van der Waals surface area contributed by atoms with Gasteiger partial charge >= 0.3 is 0 Å². The SMILES string of the molecule is Cc1noc(C)c1[C@H]1[C@H](N)CC(=O)N1C(C)C. The van der Waals surface area contributed by atoms with Gasteiger partial charge in [0.25, 0.3) is 0 Å². The fourth-order valence-electron chi connectivity index (χ4n) is 2.65. The zero-order chi connectivity index (χ0) is 12.7. The molecule has 1 aromatic rings. The second-order valence-electron chi connectivity index (χ2n) is 4.95. The monoisotopic (exact) mass is 237 g/mol. The minimum atomic E-state index is -0.179. The molecule has 1 amide bonds. The molecule has 5 heteroatoms. The predicted octanol–water partition coefficient (Wildman–Crippen LogP) is 1.30. The molecule has 1 aliphatic rings. The molecule has 0 aromatic carbocycles. The molecule has 2 N–H and O–H groups in total. The number of hydrogen-bond acceptors (Lipinski definition) is 4. The molecule has 0 saturated carbocycles. The van der Waals surface area contributed by atoms with Crippen LogP contribution >= 0.6 is 0 Å². The third-order valence-corrected chi connectivity index (χ3v) is 3.34. The van der Waals surface area contributed by atoms with Gasteiger partial charge in [0, 0.05) is 24.1 Å². The molecule has 2 atom stereocenters. The quantitative estimate of drug-likeness (QED) is 0.841. The molecule has 5 nitrogen and oxygen atoms in total. The van der Waals surface area contributed by atoms with Crippen LogP contribution in [0.5, 0.6) is 0 Å². The highest BCUT2D eigenvalue weighted by molar-refractivity contribution is 5.80. The number of amides is 1. The molecule has 0 bridgehead atoms. The molecule has 2 rings (SSSR count). The summed E-state index contributed by atoms with van der Waals surface area (Å²) in [4.78, 5) is 13.8. The highest BCUT2D eigenvalue weighted by Crippen LogP contribution is 2.36. The van der Waals surface area contributed by atoms with Gasteiger partial charge in [-0.15, -0.1) is 0 Å². The number of rotatable bonds is 2. The van der Waals surface area contributed by atoms with Crippen molar-refractivity contribution < 1.29 is 9.32 Å². The number of carbonyl (C=O) groups excluding carboxylic acids is 1. The fraction of sp³-hybridized carbons (Fsp3) is 0.667. The van der Waals surface area contributed by atoms with Gasteiger partial charge in [0.05, 0.1) is 11.7 Å². The van der Waals surface area contributed by atoms with Gasteiger partial charge in [0.1, 0.15) is 5.76 Å². The van der Waals surface area contributed by atoms with Crippen LogP contribution in [0.4, 0.5) is 0 Å². The van der Waals surface area contributed by atoms with E-state index in [1.54, 1.807) is 0 Å². The lowest BCUT2D eigenvalue weighted by atomic mass is 9.98. The summed E-state index contributed by atoms with van der Waals surface area (Å²) in [6, 6.07) is -0.148. The first-order chi connectivity index (χ1) is 7.93. The van der Waals surface area contributed by atoms with Crippen LogP contribution in [0, 0.1) is 13.8 Å². The first-order valence-corrected chi connectivity index (χ1v) is 5.93. The standard InChI is InChI=1S/C12H19N3O2/c1-6(2)15-10(16)5-9(13)12(15)11-7(3)14-17-8(11)4/h6,9,12H,5,13H2,1-4H3/t9-,12-/m1/s1. The van der Waals surface area contributed by atoms with E-state index in [0.29, 0.717) is 6.42 Å². The van der Waals surface area contributed by atoms with Crippen LogP contribution in [0.2, 0.25) is 0 Å². The van der Waals surface area contributed by atoms with Crippen LogP contribution < -0.4 is 5.73 Å². The van der Waals surface area contributed by atoms with Gasteiger partial charge in [-0.1, -0.05) is 5.16 Å². The van der Waals surface area contributed by atoms with Crippen molar-refractivity contribution in [3.05, 3.63) is 17.0 Å². The summed E-state index contributed by atoms with van der Waals surface area (Å²) in [7, 11) is 0. The third kappa shape index (κ3) is 1.84. The van der Waals surface area contributed by atoms with Crippen molar-refractivity contribution in [2.24, 2.45) is 5.73 Å². The normalized spacial score (nSPS) is 25.1. The molecule has 0 unspecified atom stereocenters. The van der Waals surface area contributed by atoms with Gasteiger partial charge < -0.3 is 15.2 Å². The summed E-state index contributed by atoms with van der Waals surface area (Å²) in [6.07, 6.45) is 0.396. The number of hydrogen-bond donors (Lipinski definition) is 1. The Hall–Kier alpha value is -1.36. The van der Waals surface area contributed by atoms with E-state index in [1.807, 2.05) is 32.6 Å². The maximum atomic E-state index is 11.9. The van der Waals surface area contributed by atoms with Crippen molar-refractivity contribution in [2.75, 3.05) is 0 Å². The number of aryl methyl sites for hydroxylation is 2. The maximum absolute atomic E-state index is 11.9. The summed E-state index contributed by atoms with van der Waals surface area (Å²) in [5.74, 6) is 0.862. The molecule has 17 heavy (non-hydrogen) atoms. The van der Waals surface area contributed by atoms with Gasteiger partial charge in [-0.3, -0.25) is 4.79 Å². The largest absolute Gasteiger partial charge is 0.361 e. The lowest BCUT2D eigenvalue weighted by molar-refractivity contribution is -0.130. The number of carbonyl (C=O) groups is 1. The van der Waals surface area contributed by atoms with Crippen LogP contribution in [0.1, 0.15) is 43.3 Å². The Morgan fingerprint density at radius 1 is 1.47 bits per heavy atom. The van der Waals surface area contributed by atoms with Gasteiger partial charge in [-0.05, 0) is 27.7 Å². The average molecular weight is 237 g/mol. The van der Waals surface area contributed by atoms with Crippen LogP contribution in [-0.2, 0) is 4.79 Å². The summed E-state index contributed by atoms with van der Waals surface area (Å²) >= 11 is 0. The van der Waals surface area contributed by atoms with E-state index in [4.69, 9.17) is 10.3 Å². The molecule has 1 saturated heterocycles. The summed E-state index contributed by atoms with van der Waals surface area (Å²) in [5.41, 5.74) is 7.89. The predicted molar refractivity (Wildman–Crippen MR) is 63.3 cm³/mol. The first-order valence-electron chi connectivity index (χ1n) is 5.93. The van der Waals surface area contributed by atoms with Crippen LogP contribution in [0.25, 0.3) is 0 Å².